The van der Waals surface area contributed by atoms with Crippen LogP contribution in [-0.2, 0) is 6.42 Å². The highest BCUT2D eigenvalue weighted by Crippen LogP contribution is 2.17. The summed E-state index contributed by atoms with van der Waals surface area (Å²) < 4.78 is 5.01. The smallest absolute Gasteiger partial charge is 0.321 e. The Morgan fingerprint density at radius 1 is 1.35 bits per heavy atom. The third-order valence-corrected chi connectivity index (χ3v) is 2.24. The van der Waals surface area contributed by atoms with Crippen LogP contribution >= 0.6 is 0 Å². The van der Waals surface area contributed by atoms with Crippen LogP contribution in [0.1, 0.15) is 12.0 Å². The van der Waals surface area contributed by atoms with Crippen LogP contribution in [0.5, 0.6) is 0 Å². The number of nitrogen functional groups attached to an aromatic ring is 1. The number of benzene rings is 1. The summed E-state index contributed by atoms with van der Waals surface area (Å²) in [6.45, 7) is 0.192. The normalized spacial score (nSPS) is 10.4. The first kappa shape index (κ1) is 11.4. The lowest BCUT2D eigenvalue weighted by Crippen LogP contribution is -1.93. The third-order valence-electron chi connectivity index (χ3n) is 2.24. The molecule has 0 aliphatic carbocycles. The third kappa shape index (κ3) is 3.18. The summed E-state index contributed by atoms with van der Waals surface area (Å²) in [5.74, 6) is 0. The molecule has 90 valence electrons. The maximum Gasteiger partial charge on any atom is 0.321 e. The van der Waals surface area contributed by atoms with Gasteiger partial charge in [-0.05, 0) is 30.5 Å². The first-order valence-corrected chi connectivity index (χ1v) is 5.34. The lowest BCUT2D eigenvalue weighted by Gasteiger charge is -2.04. The van der Waals surface area contributed by atoms with Gasteiger partial charge in [-0.3, -0.25) is 0 Å². The molecule has 0 saturated heterocycles. The highest BCUT2D eigenvalue weighted by molar-refractivity contribution is 5.53. The Balaban J connectivity index is 2.05. The molecule has 6 nitrogen and oxygen atoms in total. The van der Waals surface area contributed by atoms with Gasteiger partial charge in [-0.1, -0.05) is 22.3 Å². The number of hydrogen-bond donors (Lipinski definition) is 3. The zero-order valence-electron chi connectivity index (χ0n) is 9.26. The Labute approximate surface area is 98.5 Å². The molecule has 0 bridgehead atoms. The number of hydrogen-bond acceptors (Lipinski definition) is 6. The van der Waals surface area contributed by atoms with E-state index in [-0.39, 0.29) is 18.6 Å². The topological polar surface area (TPSA) is 97.2 Å². The number of aliphatic hydroxyl groups is 1. The van der Waals surface area contributed by atoms with Crippen LogP contribution in [0.15, 0.2) is 28.7 Å². The highest BCUT2D eigenvalue weighted by Gasteiger charge is 2.03. The van der Waals surface area contributed by atoms with Gasteiger partial charge in [-0.25, -0.2) is 0 Å². The van der Waals surface area contributed by atoms with Crippen LogP contribution in [0.2, 0.25) is 0 Å². The van der Waals surface area contributed by atoms with Crippen LogP contribution in [0.3, 0.4) is 0 Å². The van der Waals surface area contributed by atoms with Crippen molar-refractivity contribution in [1.29, 1.82) is 0 Å². The van der Waals surface area contributed by atoms with Gasteiger partial charge in [-0.2, -0.15) is 0 Å². The lowest BCUT2D eigenvalue weighted by atomic mass is 10.1. The van der Waals surface area contributed by atoms with E-state index in [0.29, 0.717) is 0 Å². The van der Waals surface area contributed by atoms with Crippen LogP contribution < -0.4 is 11.1 Å². The number of aryl methyl sites for hydroxylation is 1. The molecule has 1 heterocycles. The lowest BCUT2D eigenvalue weighted by molar-refractivity contribution is 0.288. The van der Waals surface area contributed by atoms with Crippen molar-refractivity contribution >= 4 is 17.7 Å². The minimum absolute atomic E-state index is 0.0314. The fraction of sp³-hybridized carbons (Fsp3) is 0.273. The first-order chi connectivity index (χ1) is 8.28. The van der Waals surface area contributed by atoms with Crippen molar-refractivity contribution in [2.45, 2.75) is 12.8 Å². The molecule has 0 amide bonds. The second-order valence-corrected chi connectivity index (χ2v) is 3.60. The molecule has 1 aromatic heterocycles. The second kappa shape index (κ2) is 5.31. The van der Waals surface area contributed by atoms with Gasteiger partial charge in [0, 0.05) is 12.3 Å². The number of rotatable bonds is 5. The fourth-order valence-corrected chi connectivity index (χ4v) is 1.50. The number of aliphatic hydroxyl groups excluding tert-OH is 1. The van der Waals surface area contributed by atoms with Gasteiger partial charge in [0.1, 0.15) is 0 Å². The van der Waals surface area contributed by atoms with E-state index in [2.05, 4.69) is 15.5 Å². The van der Waals surface area contributed by atoms with E-state index in [1.165, 1.54) is 0 Å². The Kier molecular flexibility index (Phi) is 3.56. The Morgan fingerprint density at radius 3 is 2.94 bits per heavy atom. The van der Waals surface area contributed by atoms with Crippen LogP contribution in [0.25, 0.3) is 0 Å². The van der Waals surface area contributed by atoms with Gasteiger partial charge < -0.3 is 20.6 Å². The summed E-state index contributed by atoms with van der Waals surface area (Å²) in [5.41, 5.74) is 7.31. The molecule has 0 aliphatic rings. The number of anilines is 3. The van der Waals surface area contributed by atoms with Crippen molar-refractivity contribution in [2.24, 2.45) is 0 Å². The second-order valence-electron chi connectivity index (χ2n) is 3.60. The van der Waals surface area contributed by atoms with Crippen molar-refractivity contribution in [3.8, 4) is 0 Å². The van der Waals surface area contributed by atoms with Crippen LogP contribution in [-0.4, -0.2) is 21.9 Å². The predicted molar refractivity (Wildman–Crippen MR) is 63.8 cm³/mol. The Hall–Kier alpha value is -2.08. The van der Waals surface area contributed by atoms with Crippen LogP contribution in [0.4, 0.5) is 17.7 Å². The summed E-state index contributed by atoms with van der Waals surface area (Å²) >= 11 is 0. The molecule has 2 rings (SSSR count). The van der Waals surface area contributed by atoms with Crippen molar-refractivity contribution in [2.75, 3.05) is 17.7 Å². The standard InChI is InChI=1S/C11H14N4O2/c12-10-14-15-11(17-10)13-9-5-1-3-8(7-9)4-2-6-16/h1,3,5,7,16H,2,4,6H2,(H2,12,14)(H,13,15). The van der Waals surface area contributed by atoms with E-state index in [1.807, 2.05) is 24.3 Å². The van der Waals surface area contributed by atoms with Gasteiger partial charge in [0.15, 0.2) is 0 Å². The van der Waals surface area contributed by atoms with Crippen LogP contribution in [0, 0.1) is 0 Å². The van der Waals surface area contributed by atoms with E-state index in [1.54, 1.807) is 0 Å². The van der Waals surface area contributed by atoms with Crippen molar-refractivity contribution in [1.82, 2.24) is 10.2 Å². The summed E-state index contributed by atoms with van der Waals surface area (Å²) in [6.07, 6.45) is 1.58. The molecule has 4 N–H and O–H groups in total. The molecule has 0 spiro atoms. The molecule has 0 aliphatic heterocycles. The molecule has 1 aromatic carbocycles. The van der Waals surface area contributed by atoms with E-state index in [4.69, 9.17) is 15.3 Å². The van der Waals surface area contributed by atoms with Crippen molar-refractivity contribution in [3.63, 3.8) is 0 Å². The maximum atomic E-state index is 8.77. The molecule has 0 saturated carbocycles. The molecule has 17 heavy (non-hydrogen) atoms. The van der Waals surface area contributed by atoms with Gasteiger partial charge in [0.2, 0.25) is 0 Å². The maximum absolute atomic E-state index is 8.77. The molecule has 0 radical (unpaired) electrons. The largest absolute Gasteiger partial charge is 0.396 e. The Morgan fingerprint density at radius 2 is 2.24 bits per heavy atom. The van der Waals surface area contributed by atoms with Crippen molar-refractivity contribution in [3.05, 3.63) is 29.8 Å². The summed E-state index contributed by atoms with van der Waals surface area (Å²) in [7, 11) is 0. The van der Waals surface area contributed by atoms with E-state index in [9.17, 15) is 0 Å². The SMILES string of the molecule is Nc1nnc(Nc2cccc(CCCO)c2)o1. The molecule has 0 atom stereocenters. The molecule has 6 heteroatoms. The number of nitrogens with zero attached hydrogens (tertiary/aromatic N) is 2. The molecular formula is C11H14N4O2. The van der Waals surface area contributed by atoms with E-state index < -0.39 is 0 Å². The van der Waals surface area contributed by atoms with Crippen molar-refractivity contribution < 1.29 is 9.52 Å². The average Bonchev–Trinajstić information content (AvgIpc) is 2.73. The monoisotopic (exact) mass is 234 g/mol. The quantitative estimate of drug-likeness (QED) is 0.721. The average molecular weight is 234 g/mol. The van der Waals surface area contributed by atoms with E-state index in [0.717, 1.165) is 24.1 Å². The summed E-state index contributed by atoms with van der Waals surface area (Å²) in [4.78, 5) is 0. The first-order valence-electron chi connectivity index (χ1n) is 5.34. The predicted octanol–water partition coefficient (Wildman–Crippen LogP) is 1.32. The number of nitrogens with two attached hydrogens (primary N) is 1. The summed E-state index contributed by atoms with van der Waals surface area (Å²) in [6, 6.07) is 8.09. The zero-order valence-corrected chi connectivity index (χ0v) is 9.26. The molecule has 2 aromatic rings. The van der Waals surface area contributed by atoms with E-state index >= 15 is 0 Å². The minimum Gasteiger partial charge on any atom is -0.396 e. The van der Waals surface area contributed by atoms with Gasteiger partial charge >= 0.3 is 12.0 Å². The Bertz CT molecular complexity index is 484. The van der Waals surface area contributed by atoms with Gasteiger partial charge in [0.05, 0.1) is 0 Å². The summed E-state index contributed by atoms with van der Waals surface area (Å²) in [5, 5.41) is 19.0. The highest BCUT2D eigenvalue weighted by atomic mass is 16.4. The minimum atomic E-state index is 0.0314. The molecule has 0 fully saturated rings. The van der Waals surface area contributed by atoms with Gasteiger partial charge in [0.25, 0.3) is 0 Å². The molecule has 0 unspecified atom stereocenters. The molecular weight excluding hydrogens is 220 g/mol. The zero-order chi connectivity index (χ0) is 12.1. The van der Waals surface area contributed by atoms with Gasteiger partial charge in [-0.15, -0.1) is 0 Å². The number of aromatic nitrogens is 2. The number of nitrogens with one attached hydrogen (secondary N) is 1. The fourth-order valence-electron chi connectivity index (χ4n) is 1.50.